The summed E-state index contributed by atoms with van der Waals surface area (Å²) in [5, 5.41) is 3.02. The zero-order chi connectivity index (χ0) is 11.4. The second-order valence-corrected chi connectivity index (χ2v) is 4.01. The molecule has 0 aliphatic carbocycles. The van der Waals surface area contributed by atoms with Gasteiger partial charge in [0.25, 0.3) is 0 Å². The van der Waals surface area contributed by atoms with E-state index in [9.17, 15) is 4.79 Å². The molecule has 0 amide bonds. The van der Waals surface area contributed by atoms with Crippen LogP contribution < -0.4 is 5.32 Å². The van der Waals surface area contributed by atoms with Gasteiger partial charge in [-0.1, -0.05) is 0 Å². The number of carbonyl (C=O) groups is 1. The molecule has 16 heavy (non-hydrogen) atoms. The van der Waals surface area contributed by atoms with Gasteiger partial charge in [-0.3, -0.25) is 4.79 Å². The lowest BCUT2D eigenvalue weighted by atomic mass is 10.2. The van der Waals surface area contributed by atoms with Crippen molar-refractivity contribution < 1.29 is 4.79 Å². The number of carbonyl (C=O) groups excluding carboxylic acids is 1. The number of nitrogens with one attached hydrogen (secondary N) is 1. The third-order valence-corrected chi connectivity index (χ3v) is 2.33. The predicted octanol–water partition coefficient (Wildman–Crippen LogP) is 2.80. The van der Waals surface area contributed by atoms with Gasteiger partial charge in [0.15, 0.2) is 0 Å². The first-order valence-electron chi connectivity index (χ1n) is 4.58. The number of hydrogen-bond acceptors (Lipinski definition) is 4. The molecule has 5 heteroatoms. The summed E-state index contributed by atoms with van der Waals surface area (Å²) in [5.41, 5.74) is 1.48. The molecule has 0 fully saturated rings. The van der Waals surface area contributed by atoms with Gasteiger partial charge in [-0.05, 0) is 40.2 Å². The topological polar surface area (TPSA) is 54.9 Å². The maximum atomic E-state index is 10.5. The number of hydrogen-bond donors (Lipinski definition) is 1. The molecule has 1 heterocycles. The van der Waals surface area contributed by atoms with E-state index in [1.807, 2.05) is 0 Å². The van der Waals surface area contributed by atoms with Crippen molar-refractivity contribution in [1.29, 1.82) is 0 Å². The van der Waals surface area contributed by atoms with Crippen LogP contribution in [0.5, 0.6) is 0 Å². The van der Waals surface area contributed by atoms with Gasteiger partial charge in [-0.2, -0.15) is 0 Å². The van der Waals surface area contributed by atoms with Crippen molar-refractivity contribution in [1.82, 2.24) is 9.97 Å². The Kier molecular flexibility index (Phi) is 3.26. The van der Waals surface area contributed by atoms with Crippen LogP contribution in [0.15, 0.2) is 41.1 Å². The molecule has 80 valence electrons. The molecule has 0 spiro atoms. The first-order valence-corrected chi connectivity index (χ1v) is 5.37. The Morgan fingerprint density at radius 2 is 1.75 bits per heavy atom. The monoisotopic (exact) mass is 277 g/mol. The molecule has 2 aromatic rings. The maximum Gasteiger partial charge on any atom is 0.227 e. The van der Waals surface area contributed by atoms with Crippen LogP contribution in [-0.4, -0.2) is 16.3 Å². The fourth-order valence-corrected chi connectivity index (χ4v) is 1.36. The summed E-state index contributed by atoms with van der Waals surface area (Å²) in [6.07, 6.45) is 4.13. The molecule has 0 saturated carbocycles. The summed E-state index contributed by atoms with van der Waals surface area (Å²) in [4.78, 5) is 18.6. The van der Waals surface area contributed by atoms with E-state index in [0.717, 1.165) is 16.4 Å². The normalized spacial score (nSPS) is 9.81. The van der Waals surface area contributed by atoms with Crippen LogP contribution in [0.2, 0.25) is 0 Å². The van der Waals surface area contributed by atoms with Crippen LogP contribution >= 0.6 is 15.9 Å². The second kappa shape index (κ2) is 4.85. The largest absolute Gasteiger partial charge is 0.324 e. The number of aldehydes is 1. The SMILES string of the molecule is O=Cc1ccc(Nc2ncc(Br)cn2)cc1. The Bertz CT molecular complexity index is 482. The molecular weight excluding hydrogens is 270 g/mol. The molecule has 0 aliphatic heterocycles. The van der Waals surface area contributed by atoms with Crippen molar-refractivity contribution in [3.05, 3.63) is 46.7 Å². The smallest absolute Gasteiger partial charge is 0.227 e. The minimum absolute atomic E-state index is 0.516. The Morgan fingerprint density at radius 1 is 1.12 bits per heavy atom. The van der Waals surface area contributed by atoms with Crippen LogP contribution in [0, 0.1) is 0 Å². The van der Waals surface area contributed by atoms with Crippen LogP contribution in [0.1, 0.15) is 10.4 Å². The maximum absolute atomic E-state index is 10.5. The van der Waals surface area contributed by atoms with Gasteiger partial charge in [0.05, 0.1) is 4.47 Å². The summed E-state index contributed by atoms with van der Waals surface area (Å²) in [6.45, 7) is 0. The van der Waals surface area contributed by atoms with Crippen molar-refractivity contribution in [3.8, 4) is 0 Å². The van der Waals surface area contributed by atoms with E-state index in [0.29, 0.717) is 11.5 Å². The number of benzene rings is 1. The Balaban J connectivity index is 2.14. The van der Waals surface area contributed by atoms with E-state index in [1.165, 1.54) is 0 Å². The molecule has 0 atom stereocenters. The van der Waals surface area contributed by atoms with E-state index in [4.69, 9.17) is 0 Å². The van der Waals surface area contributed by atoms with Gasteiger partial charge in [-0.15, -0.1) is 0 Å². The number of aromatic nitrogens is 2. The standard InChI is InChI=1S/C11H8BrN3O/c12-9-5-13-11(14-6-9)15-10-3-1-8(7-16)2-4-10/h1-7H,(H,13,14,15). The molecule has 1 aromatic carbocycles. The van der Waals surface area contributed by atoms with Crippen molar-refractivity contribution in [2.24, 2.45) is 0 Å². The van der Waals surface area contributed by atoms with Crippen molar-refractivity contribution in [2.75, 3.05) is 5.32 Å². The van der Waals surface area contributed by atoms with E-state index >= 15 is 0 Å². The molecule has 4 nitrogen and oxygen atoms in total. The Labute approximate surface area is 101 Å². The van der Waals surface area contributed by atoms with Crippen LogP contribution in [0.25, 0.3) is 0 Å². The van der Waals surface area contributed by atoms with Crippen molar-refractivity contribution >= 4 is 33.9 Å². The van der Waals surface area contributed by atoms with E-state index in [1.54, 1.807) is 36.7 Å². The number of nitrogens with zero attached hydrogens (tertiary/aromatic N) is 2. The van der Waals surface area contributed by atoms with Crippen molar-refractivity contribution in [3.63, 3.8) is 0 Å². The molecule has 0 radical (unpaired) electrons. The average Bonchev–Trinajstić information content (AvgIpc) is 2.33. The molecule has 0 aliphatic rings. The minimum atomic E-state index is 0.516. The second-order valence-electron chi connectivity index (χ2n) is 3.09. The molecule has 0 bridgehead atoms. The lowest BCUT2D eigenvalue weighted by Crippen LogP contribution is -1.96. The molecule has 1 N–H and O–H groups in total. The van der Waals surface area contributed by atoms with Gasteiger partial charge in [0, 0.05) is 23.6 Å². The summed E-state index contributed by atoms with van der Waals surface area (Å²) in [6, 6.07) is 7.06. The van der Waals surface area contributed by atoms with Crippen LogP contribution in [0.3, 0.4) is 0 Å². The van der Waals surface area contributed by atoms with Gasteiger partial charge >= 0.3 is 0 Å². The third kappa shape index (κ3) is 2.64. The number of rotatable bonds is 3. The highest BCUT2D eigenvalue weighted by molar-refractivity contribution is 9.10. The fourth-order valence-electron chi connectivity index (χ4n) is 1.15. The molecule has 0 saturated heterocycles. The van der Waals surface area contributed by atoms with Gasteiger partial charge in [0.1, 0.15) is 6.29 Å². The summed E-state index contributed by atoms with van der Waals surface area (Å²) in [7, 11) is 0. The number of halogens is 1. The summed E-state index contributed by atoms with van der Waals surface area (Å²) in [5.74, 6) is 0.516. The minimum Gasteiger partial charge on any atom is -0.324 e. The average molecular weight is 278 g/mol. The van der Waals surface area contributed by atoms with E-state index in [2.05, 4.69) is 31.2 Å². The zero-order valence-electron chi connectivity index (χ0n) is 8.22. The Morgan fingerprint density at radius 3 is 2.31 bits per heavy atom. The predicted molar refractivity (Wildman–Crippen MR) is 64.8 cm³/mol. The quantitative estimate of drug-likeness (QED) is 0.877. The van der Waals surface area contributed by atoms with Gasteiger partial charge in [-0.25, -0.2) is 9.97 Å². The molecule has 0 unspecified atom stereocenters. The molecular formula is C11H8BrN3O. The first kappa shape index (κ1) is 10.8. The van der Waals surface area contributed by atoms with Crippen molar-refractivity contribution in [2.45, 2.75) is 0 Å². The lowest BCUT2D eigenvalue weighted by molar-refractivity contribution is 0.112. The molecule has 1 aromatic heterocycles. The summed E-state index contributed by atoms with van der Waals surface area (Å²) >= 11 is 3.26. The Hall–Kier alpha value is -1.75. The highest BCUT2D eigenvalue weighted by Crippen LogP contribution is 2.14. The highest BCUT2D eigenvalue weighted by atomic mass is 79.9. The molecule has 2 rings (SSSR count). The van der Waals surface area contributed by atoms with E-state index in [-0.39, 0.29) is 0 Å². The zero-order valence-corrected chi connectivity index (χ0v) is 9.81. The third-order valence-electron chi connectivity index (χ3n) is 1.92. The lowest BCUT2D eigenvalue weighted by Gasteiger charge is -2.03. The highest BCUT2D eigenvalue weighted by Gasteiger charge is 1.97. The van der Waals surface area contributed by atoms with Gasteiger partial charge < -0.3 is 5.32 Å². The van der Waals surface area contributed by atoms with E-state index < -0.39 is 0 Å². The summed E-state index contributed by atoms with van der Waals surface area (Å²) < 4.78 is 0.828. The van der Waals surface area contributed by atoms with Gasteiger partial charge in [0.2, 0.25) is 5.95 Å². The van der Waals surface area contributed by atoms with Crippen LogP contribution in [0.4, 0.5) is 11.6 Å². The van der Waals surface area contributed by atoms with Crippen LogP contribution in [-0.2, 0) is 0 Å². The number of anilines is 2. The first-order chi connectivity index (χ1) is 7.78. The fraction of sp³-hybridized carbons (Fsp3) is 0.